The normalized spacial score (nSPS) is 10.5. The average molecular weight is 331 g/mol. The molecule has 0 aliphatic carbocycles. The number of benzene rings is 2. The Kier molecular flexibility index (Phi) is 3.49. The minimum atomic E-state index is 0.407. The van der Waals surface area contributed by atoms with Crippen LogP contribution in [0.15, 0.2) is 53.3 Å². The predicted molar refractivity (Wildman–Crippen MR) is 81.6 cm³/mol. The summed E-state index contributed by atoms with van der Waals surface area (Å²) in [5.41, 5.74) is 2.48. The van der Waals surface area contributed by atoms with Gasteiger partial charge in [0.25, 0.3) is 0 Å². The van der Waals surface area contributed by atoms with Gasteiger partial charge in [-0.1, -0.05) is 36.4 Å². The van der Waals surface area contributed by atoms with Crippen molar-refractivity contribution in [3.8, 4) is 11.6 Å². The largest absolute Gasteiger partial charge is 0.437 e. The van der Waals surface area contributed by atoms with Crippen molar-refractivity contribution in [2.24, 2.45) is 5.84 Å². The second kappa shape index (κ2) is 5.44. The highest BCUT2D eigenvalue weighted by Gasteiger charge is 2.11. The summed E-state index contributed by atoms with van der Waals surface area (Å²) in [6.45, 7) is 0. The lowest BCUT2D eigenvalue weighted by Crippen LogP contribution is -2.09. The summed E-state index contributed by atoms with van der Waals surface area (Å²) in [5.74, 6) is 6.98. The van der Waals surface area contributed by atoms with Gasteiger partial charge in [0, 0.05) is 5.39 Å². The Bertz CT molecular complexity index is 758. The summed E-state index contributed by atoms with van der Waals surface area (Å²) in [6, 6.07) is 13.9. The van der Waals surface area contributed by atoms with Crippen LogP contribution in [0.25, 0.3) is 10.8 Å². The molecule has 3 aromatic rings. The van der Waals surface area contributed by atoms with E-state index in [-0.39, 0.29) is 0 Å². The summed E-state index contributed by atoms with van der Waals surface area (Å²) in [7, 11) is 0. The first kappa shape index (κ1) is 12.8. The Hall–Kier alpha value is -2.18. The van der Waals surface area contributed by atoms with E-state index in [1.807, 2.05) is 42.5 Å². The van der Waals surface area contributed by atoms with Gasteiger partial charge in [-0.3, -0.25) is 0 Å². The lowest BCUT2D eigenvalue weighted by atomic mass is 10.1. The first-order chi connectivity index (χ1) is 9.79. The van der Waals surface area contributed by atoms with Crippen LogP contribution in [0.2, 0.25) is 0 Å². The number of fused-ring (bicyclic) bond motifs is 1. The second-order valence-electron chi connectivity index (χ2n) is 4.07. The smallest absolute Gasteiger partial charge is 0.238 e. The molecule has 0 atom stereocenters. The molecule has 1 aromatic heterocycles. The van der Waals surface area contributed by atoms with Crippen LogP contribution in [0.5, 0.6) is 11.6 Å². The fourth-order valence-corrected chi connectivity index (χ4v) is 2.31. The van der Waals surface area contributed by atoms with Crippen LogP contribution >= 0.6 is 15.9 Å². The van der Waals surface area contributed by atoms with Crippen molar-refractivity contribution >= 4 is 32.5 Å². The van der Waals surface area contributed by atoms with Crippen molar-refractivity contribution in [3.05, 3.63) is 53.3 Å². The highest BCUT2D eigenvalue weighted by molar-refractivity contribution is 9.10. The fraction of sp³-hybridized carbons (Fsp3) is 0. The number of hydrazine groups is 1. The SMILES string of the molecule is NNc1ncnc(Oc2cccc3ccccc23)c1Br. The Labute approximate surface area is 123 Å². The third-order valence-electron chi connectivity index (χ3n) is 2.85. The molecule has 3 N–H and O–H groups in total. The van der Waals surface area contributed by atoms with E-state index in [2.05, 4.69) is 31.3 Å². The zero-order chi connectivity index (χ0) is 13.9. The average Bonchev–Trinajstić information content (AvgIpc) is 2.50. The maximum Gasteiger partial charge on any atom is 0.238 e. The maximum atomic E-state index is 5.87. The second-order valence-corrected chi connectivity index (χ2v) is 4.86. The third kappa shape index (κ3) is 2.31. The molecular formula is C14H11BrN4O. The van der Waals surface area contributed by atoms with Crippen LogP contribution in [0.3, 0.4) is 0 Å². The highest BCUT2D eigenvalue weighted by Crippen LogP contribution is 2.34. The molecule has 100 valence electrons. The monoisotopic (exact) mass is 330 g/mol. The van der Waals surface area contributed by atoms with Gasteiger partial charge in [-0.15, -0.1) is 0 Å². The molecule has 0 unspecified atom stereocenters. The van der Waals surface area contributed by atoms with Crippen molar-refractivity contribution in [1.29, 1.82) is 0 Å². The molecule has 0 fully saturated rings. The molecule has 0 aliphatic rings. The van der Waals surface area contributed by atoms with E-state index in [9.17, 15) is 0 Å². The van der Waals surface area contributed by atoms with Gasteiger partial charge in [0.15, 0.2) is 5.82 Å². The standard InChI is InChI=1S/C14H11BrN4O/c15-12-13(19-16)17-8-18-14(12)20-11-7-3-5-9-4-1-2-6-10(9)11/h1-8H,16H2,(H,17,18,19). The summed E-state index contributed by atoms with van der Waals surface area (Å²) in [5, 5.41) is 2.12. The van der Waals surface area contributed by atoms with Gasteiger partial charge in [0.05, 0.1) is 0 Å². The van der Waals surface area contributed by atoms with Crippen molar-refractivity contribution in [2.75, 3.05) is 5.43 Å². The van der Waals surface area contributed by atoms with E-state index in [0.717, 1.165) is 16.5 Å². The lowest BCUT2D eigenvalue weighted by molar-refractivity contribution is 0.463. The Morgan fingerprint density at radius 1 is 1.05 bits per heavy atom. The molecule has 5 nitrogen and oxygen atoms in total. The molecule has 0 aliphatic heterocycles. The topological polar surface area (TPSA) is 73.1 Å². The lowest BCUT2D eigenvalue weighted by Gasteiger charge is -2.10. The number of hydrogen-bond donors (Lipinski definition) is 2. The van der Waals surface area contributed by atoms with E-state index in [4.69, 9.17) is 10.6 Å². The number of hydrogen-bond acceptors (Lipinski definition) is 5. The molecule has 2 aromatic carbocycles. The van der Waals surface area contributed by atoms with E-state index in [1.165, 1.54) is 6.33 Å². The van der Waals surface area contributed by atoms with Crippen LogP contribution in [-0.2, 0) is 0 Å². The van der Waals surface area contributed by atoms with Crippen LogP contribution in [0, 0.1) is 0 Å². The molecule has 0 saturated carbocycles. The molecule has 20 heavy (non-hydrogen) atoms. The fourth-order valence-electron chi connectivity index (χ4n) is 1.91. The highest BCUT2D eigenvalue weighted by atomic mass is 79.9. The maximum absolute atomic E-state index is 5.87. The van der Waals surface area contributed by atoms with Gasteiger partial charge in [0.1, 0.15) is 16.5 Å². The zero-order valence-corrected chi connectivity index (χ0v) is 12.0. The Balaban J connectivity index is 2.06. The van der Waals surface area contributed by atoms with Crippen LogP contribution in [-0.4, -0.2) is 9.97 Å². The van der Waals surface area contributed by atoms with Gasteiger partial charge in [-0.05, 0) is 27.4 Å². The molecule has 0 radical (unpaired) electrons. The summed E-state index contributed by atoms with van der Waals surface area (Å²) in [4.78, 5) is 8.10. The number of halogens is 1. The van der Waals surface area contributed by atoms with E-state index >= 15 is 0 Å². The third-order valence-corrected chi connectivity index (χ3v) is 3.57. The summed E-state index contributed by atoms with van der Waals surface area (Å²) in [6.07, 6.45) is 1.39. The van der Waals surface area contributed by atoms with Gasteiger partial charge in [0.2, 0.25) is 5.88 Å². The first-order valence-corrected chi connectivity index (χ1v) is 6.71. The molecule has 0 spiro atoms. The van der Waals surface area contributed by atoms with Crippen LogP contribution in [0.1, 0.15) is 0 Å². The molecule has 1 heterocycles. The minimum absolute atomic E-state index is 0.407. The number of nitrogens with two attached hydrogens (primary N) is 1. The van der Waals surface area contributed by atoms with Crippen LogP contribution in [0.4, 0.5) is 5.82 Å². The first-order valence-electron chi connectivity index (χ1n) is 5.92. The Morgan fingerprint density at radius 3 is 2.70 bits per heavy atom. The molecule has 0 bridgehead atoms. The number of nitrogens with one attached hydrogen (secondary N) is 1. The van der Waals surface area contributed by atoms with Gasteiger partial charge < -0.3 is 10.2 Å². The van der Waals surface area contributed by atoms with E-state index in [1.54, 1.807) is 0 Å². The predicted octanol–water partition coefficient (Wildman–Crippen LogP) is 3.47. The Morgan fingerprint density at radius 2 is 1.85 bits per heavy atom. The molecule has 3 rings (SSSR count). The van der Waals surface area contributed by atoms with Crippen molar-refractivity contribution in [2.45, 2.75) is 0 Å². The van der Waals surface area contributed by atoms with E-state index in [0.29, 0.717) is 16.2 Å². The molecule has 0 amide bonds. The number of nitrogen functional groups attached to an aromatic ring is 1. The van der Waals surface area contributed by atoms with Gasteiger partial charge in [-0.2, -0.15) is 0 Å². The van der Waals surface area contributed by atoms with Crippen molar-refractivity contribution in [1.82, 2.24) is 9.97 Å². The summed E-state index contributed by atoms with van der Waals surface area (Å²) >= 11 is 3.37. The van der Waals surface area contributed by atoms with Gasteiger partial charge >= 0.3 is 0 Å². The molecule has 0 saturated heterocycles. The minimum Gasteiger partial charge on any atom is -0.437 e. The summed E-state index contributed by atoms with van der Waals surface area (Å²) < 4.78 is 6.45. The number of aromatic nitrogens is 2. The molecule has 6 heteroatoms. The number of anilines is 1. The zero-order valence-electron chi connectivity index (χ0n) is 10.4. The molecular weight excluding hydrogens is 320 g/mol. The number of ether oxygens (including phenoxy) is 1. The number of rotatable bonds is 3. The van der Waals surface area contributed by atoms with Crippen molar-refractivity contribution < 1.29 is 4.74 Å². The van der Waals surface area contributed by atoms with Crippen molar-refractivity contribution in [3.63, 3.8) is 0 Å². The number of nitrogens with zero attached hydrogens (tertiary/aromatic N) is 2. The van der Waals surface area contributed by atoms with Crippen LogP contribution < -0.4 is 16.0 Å². The van der Waals surface area contributed by atoms with Gasteiger partial charge in [-0.25, -0.2) is 15.8 Å². The quantitative estimate of drug-likeness (QED) is 0.568. The van der Waals surface area contributed by atoms with E-state index < -0.39 is 0 Å².